The number of nitrogens with zero attached hydrogens (tertiary/aromatic N) is 4. The number of carbonyl (C=O) groups excluding carboxylic acids is 1. The number of Topliss-reactive ketones (excluding diaryl/α,β-unsaturated/α-hetero) is 1. The Kier molecular flexibility index (Phi) is 6.49. The van der Waals surface area contributed by atoms with Crippen LogP contribution in [0.15, 0.2) is 106 Å². The molecule has 0 saturated carbocycles. The van der Waals surface area contributed by atoms with Crippen LogP contribution < -0.4 is 5.32 Å². The number of anilines is 1. The highest BCUT2D eigenvalue weighted by atomic mass is 35.5. The minimum absolute atomic E-state index is 0.158. The standard InChI is InChI=1S/C31H24ClN5O2S/c32-23-15-13-21(14-16-23)28-27-24(7-4-8-25(27)38)34-30-35-31(36-37(28)30)40-18-19-9-11-22(12-10-19)29-33-17-26(39-29)20-5-2-1-3-6-20/h1-3,5-6,9-17,28H,4,7-8,18H2,(H,34,35,36)/t28-/m1/s1. The monoisotopic (exact) mass is 565 g/mol. The molecule has 1 aliphatic heterocycles. The van der Waals surface area contributed by atoms with Crippen LogP contribution in [0.1, 0.15) is 36.4 Å². The van der Waals surface area contributed by atoms with Crippen LogP contribution in [0.25, 0.3) is 22.8 Å². The van der Waals surface area contributed by atoms with Gasteiger partial charge in [-0.2, -0.15) is 4.98 Å². The first-order chi connectivity index (χ1) is 19.6. The second-order valence-electron chi connectivity index (χ2n) is 9.79. The number of ketones is 1. The number of rotatable bonds is 6. The molecule has 7 nitrogen and oxygen atoms in total. The lowest BCUT2D eigenvalue weighted by atomic mass is 9.85. The van der Waals surface area contributed by atoms with Crippen LogP contribution in [0, 0.1) is 0 Å². The van der Waals surface area contributed by atoms with Crippen LogP contribution in [0.3, 0.4) is 0 Å². The Morgan fingerprint density at radius 3 is 2.58 bits per heavy atom. The van der Waals surface area contributed by atoms with Crippen molar-refractivity contribution in [1.82, 2.24) is 19.7 Å². The number of carbonyl (C=O) groups is 1. The van der Waals surface area contributed by atoms with E-state index >= 15 is 0 Å². The third-order valence-corrected chi connectivity index (χ3v) is 8.33. The van der Waals surface area contributed by atoms with Gasteiger partial charge in [-0.05, 0) is 48.2 Å². The number of hydrogen-bond donors (Lipinski definition) is 1. The zero-order valence-electron chi connectivity index (χ0n) is 21.4. The molecule has 5 aromatic rings. The lowest BCUT2D eigenvalue weighted by Crippen LogP contribution is -2.31. The Hall–Kier alpha value is -4.14. The molecule has 0 saturated heterocycles. The quantitative estimate of drug-likeness (QED) is 0.212. The minimum atomic E-state index is -0.320. The summed E-state index contributed by atoms with van der Waals surface area (Å²) in [4.78, 5) is 22.2. The lowest BCUT2D eigenvalue weighted by Gasteiger charge is -2.32. The molecular formula is C31H24ClN5O2S. The summed E-state index contributed by atoms with van der Waals surface area (Å²) in [5.74, 6) is 2.85. The number of oxazole rings is 1. The maximum absolute atomic E-state index is 13.0. The van der Waals surface area contributed by atoms with E-state index in [9.17, 15) is 4.79 Å². The van der Waals surface area contributed by atoms with Crippen molar-refractivity contribution < 1.29 is 9.21 Å². The molecule has 7 rings (SSSR count). The van der Waals surface area contributed by atoms with Gasteiger partial charge in [-0.3, -0.25) is 4.79 Å². The molecular weight excluding hydrogens is 542 g/mol. The van der Waals surface area contributed by atoms with E-state index in [-0.39, 0.29) is 11.8 Å². The third-order valence-electron chi connectivity index (χ3n) is 7.17. The Balaban J connectivity index is 1.09. The minimum Gasteiger partial charge on any atom is -0.436 e. The molecule has 9 heteroatoms. The van der Waals surface area contributed by atoms with Gasteiger partial charge in [0.15, 0.2) is 11.5 Å². The first-order valence-corrected chi connectivity index (χ1v) is 14.5. The highest BCUT2D eigenvalue weighted by molar-refractivity contribution is 7.98. The largest absolute Gasteiger partial charge is 0.436 e. The van der Waals surface area contributed by atoms with Crippen molar-refractivity contribution in [2.24, 2.45) is 0 Å². The molecule has 3 heterocycles. The maximum atomic E-state index is 13.0. The Morgan fingerprint density at radius 2 is 1.77 bits per heavy atom. The number of allylic oxidation sites excluding steroid dienone is 2. The zero-order chi connectivity index (χ0) is 27.1. The molecule has 0 unspecified atom stereocenters. The number of fused-ring (bicyclic) bond motifs is 1. The van der Waals surface area contributed by atoms with Crippen molar-refractivity contribution in [2.45, 2.75) is 36.2 Å². The van der Waals surface area contributed by atoms with Gasteiger partial charge < -0.3 is 9.73 Å². The van der Waals surface area contributed by atoms with Crippen molar-refractivity contribution in [3.8, 4) is 22.8 Å². The smallest absolute Gasteiger partial charge is 0.227 e. The zero-order valence-corrected chi connectivity index (χ0v) is 23.0. The third kappa shape index (κ3) is 4.74. The van der Waals surface area contributed by atoms with Gasteiger partial charge in [-0.15, -0.1) is 5.10 Å². The molecule has 2 aliphatic rings. The fourth-order valence-electron chi connectivity index (χ4n) is 5.19. The van der Waals surface area contributed by atoms with Gasteiger partial charge in [0.25, 0.3) is 0 Å². The van der Waals surface area contributed by atoms with Crippen molar-refractivity contribution in [1.29, 1.82) is 0 Å². The van der Waals surface area contributed by atoms with E-state index in [4.69, 9.17) is 26.1 Å². The molecule has 1 atom stereocenters. The Bertz CT molecular complexity index is 1730. The summed E-state index contributed by atoms with van der Waals surface area (Å²) in [5.41, 5.74) is 5.74. The molecule has 0 radical (unpaired) electrons. The summed E-state index contributed by atoms with van der Waals surface area (Å²) in [6, 6.07) is 25.4. The first kappa shape index (κ1) is 24.9. The van der Waals surface area contributed by atoms with E-state index in [0.29, 0.717) is 34.2 Å². The summed E-state index contributed by atoms with van der Waals surface area (Å²) in [6.07, 6.45) is 3.97. The highest BCUT2D eigenvalue weighted by Crippen LogP contribution is 2.41. The normalized spacial score (nSPS) is 16.4. The number of thioether (sulfide) groups is 1. The van der Waals surface area contributed by atoms with Gasteiger partial charge in [0.05, 0.1) is 6.20 Å². The topological polar surface area (TPSA) is 85.8 Å². The molecule has 40 heavy (non-hydrogen) atoms. The van der Waals surface area contributed by atoms with Gasteiger partial charge in [0.1, 0.15) is 6.04 Å². The SMILES string of the molecule is O=C1CCCC2=C1[C@@H](c1ccc(Cl)cc1)n1nc(SCc3ccc(-c4ncc(-c5ccccc5)o4)cc3)nc1N2. The first-order valence-electron chi connectivity index (χ1n) is 13.1. The molecule has 3 aromatic carbocycles. The molecule has 0 bridgehead atoms. The summed E-state index contributed by atoms with van der Waals surface area (Å²) < 4.78 is 7.83. The molecule has 198 valence electrons. The lowest BCUT2D eigenvalue weighted by molar-refractivity contribution is -0.116. The van der Waals surface area contributed by atoms with E-state index in [1.165, 1.54) is 0 Å². The highest BCUT2D eigenvalue weighted by Gasteiger charge is 2.36. The summed E-state index contributed by atoms with van der Waals surface area (Å²) in [5, 5.41) is 9.53. The molecule has 1 aliphatic carbocycles. The van der Waals surface area contributed by atoms with Gasteiger partial charge in [0, 0.05) is 39.6 Å². The predicted octanol–water partition coefficient (Wildman–Crippen LogP) is 7.57. The fourth-order valence-corrected chi connectivity index (χ4v) is 6.10. The van der Waals surface area contributed by atoms with Crippen LogP contribution in [0.2, 0.25) is 5.02 Å². The van der Waals surface area contributed by atoms with Crippen molar-refractivity contribution >= 4 is 35.1 Å². The van der Waals surface area contributed by atoms with E-state index in [0.717, 1.165) is 52.1 Å². The molecule has 0 fully saturated rings. The number of aromatic nitrogens is 4. The molecule has 1 N–H and O–H groups in total. The summed E-state index contributed by atoms with van der Waals surface area (Å²) >= 11 is 7.71. The average molecular weight is 566 g/mol. The second kappa shape index (κ2) is 10.4. The van der Waals surface area contributed by atoms with Gasteiger partial charge in [-0.1, -0.05) is 78.0 Å². The van der Waals surface area contributed by atoms with Crippen LogP contribution in [0.4, 0.5) is 5.95 Å². The number of halogens is 1. The number of nitrogens with one attached hydrogen (secondary N) is 1. The predicted molar refractivity (Wildman–Crippen MR) is 156 cm³/mol. The van der Waals surface area contributed by atoms with E-state index in [1.807, 2.05) is 71.4 Å². The number of hydrogen-bond acceptors (Lipinski definition) is 7. The van der Waals surface area contributed by atoms with Crippen LogP contribution in [-0.2, 0) is 10.5 Å². The van der Waals surface area contributed by atoms with Gasteiger partial charge in [-0.25, -0.2) is 9.67 Å². The summed E-state index contributed by atoms with van der Waals surface area (Å²) in [7, 11) is 0. The molecule has 0 spiro atoms. The Morgan fingerprint density at radius 1 is 0.975 bits per heavy atom. The second-order valence-corrected chi connectivity index (χ2v) is 11.2. The molecule has 2 aromatic heterocycles. The maximum Gasteiger partial charge on any atom is 0.227 e. The van der Waals surface area contributed by atoms with E-state index in [1.54, 1.807) is 18.0 Å². The van der Waals surface area contributed by atoms with E-state index in [2.05, 4.69) is 22.4 Å². The van der Waals surface area contributed by atoms with Crippen molar-refractivity contribution in [2.75, 3.05) is 5.32 Å². The van der Waals surface area contributed by atoms with Crippen LogP contribution >= 0.6 is 23.4 Å². The van der Waals surface area contributed by atoms with Crippen LogP contribution in [-0.4, -0.2) is 25.5 Å². The molecule has 0 amide bonds. The van der Waals surface area contributed by atoms with Crippen molar-refractivity contribution in [3.63, 3.8) is 0 Å². The number of benzene rings is 3. The fraction of sp³-hybridized carbons (Fsp3) is 0.161. The van der Waals surface area contributed by atoms with Crippen LogP contribution in [0.5, 0.6) is 0 Å². The Labute approximate surface area is 240 Å². The van der Waals surface area contributed by atoms with Gasteiger partial charge >= 0.3 is 0 Å². The van der Waals surface area contributed by atoms with Gasteiger partial charge in [0.2, 0.25) is 17.0 Å². The summed E-state index contributed by atoms with van der Waals surface area (Å²) in [6.45, 7) is 0. The van der Waals surface area contributed by atoms with E-state index < -0.39 is 0 Å². The van der Waals surface area contributed by atoms with Crippen molar-refractivity contribution in [3.05, 3.63) is 112 Å². The average Bonchev–Trinajstić information content (AvgIpc) is 3.64.